The average molecular weight is 455 g/mol. The average Bonchev–Trinajstić information content (AvgIpc) is 3.35. The van der Waals surface area contributed by atoms with E-state index >= 15 is 0 Å². The summed E-state index contributed by atoms with van der Waals surface area (Å²) in [5.74, 6) is 1.70. The van der Waals surface area contributed by atoms with Crippen LogP contribution in [0.3, 0.4) is 0 Å². The molecule has 1 aliphatic rings. The summed E-state index contributed by atoms with van der Waals surface area (Å²) in [6.07, 6.45) is 2.26. The van der Waals surface area contributed by atoms with Crippen molar-refractivity contribution >= 4 is 17.5 Å². The van der Waals surface area contributed by atoms with Gasteiger partial charge in [-0.05, 0) is 35.6 Å². The van der Waals surface area contributed by atoms with Crippen molar-refractivity contribution in [2.45, 2.75) is 13.0 Å². The number of nitrogens with zero attached hydrogens (tertiary/aromatic N) is 4. The second kappa shape index (κ2) is 10.5. The van der Waals surface area contributed by atoms with Crippen LogP contribution in [0, 0.1) is 17.2 Å². The van der Waals surface area contributed by atoms with Crippen molar-refractivity contribution in [1.29, 1.82) is 5.26 Å². The zero-order valence-electron chi connectivity index (χ0n) is 18.8. The zero-order chi connectivity index (χ0) is 23.9. The van der Waals surface area contributed by atoms with Crippen LogP contribution >= 0.6 is 0 Å². The molecule has 0 radical (unpaired) electrons. The molecule has 0 bridgehead atoms. The number of rotatable bonds is 8. The quantitative estimate of drug-likeness (QED) is 0.394. The number of amides is 1. The fourth-order valence-electron chi connectivity index (χ4n) is 3.94. The Balaban J connectivity index is 1.40. The third-order valence-electron chi connectivity index (χ3n) is 5.79. The number of likely N-dealkylation sites (tertiary alicyclic amines) is 1. The summed E-state index contributed by atoms with van der Waals surface area (Å²) in [5.41, 5.74) is 8.87. The standard InChI is InChI=1S/C26H26N6O2/c1-18(13-27)26(33)32-12-11-20(15-32)14-29-25-23(24(28)30-17-31-25)21-7-9-22(10-8-21)34-16-19-5-3-2-4-6-19/h2-10,17,20H,1,11-12,14-16H2,(H3,28,29,30,31). The van der Waals surface area contributed by atoms with E-state index in [-0.39, 0.29) is 17.4 Å². The van der Waals surface area contributed by atoms with Crippen LogP contribution in [-0.2, 0) is 11.4 Å². The normalized spacial score (nSPS) is 14.9. The zero-order valence-corrected chi connectivity index (χ0v) is 18.8. The van der Waals surface area contributed by atoms with E-state index in [4.69, 9.17) is 15.7 Å². The highest BCUT2D eigenvalue weighted by Crippen LogP contribution is 2.32. The maximum atomic E-state index is 12.2. The van der Waals surface area contributed by atoms with Gasteiger partial charge < -0.3 is 20.7 Å². The first-order chi connectivity index (χ1) is 16.5. The van der Waals surface area contributed by atoms with E-state index in [1.54, 1.807) is 4.90 Å². The molecule has 3 aromatic rings. The van der Waals surface area contributed by atoms with Gasteiger partial charge in [0.15, 0.2) is 0 Å². The monoisotopic (exact) mass is 454 g/mol. The summed E-state index contributed by atoms with van der Waals surface area (Å²) in [6.45, 7) is 5.80. The molecule has 0 saturated carbocycles. The van der Waals surface area contributed by atoms with Crippen LogP contribution in [0.2, 0.25) is 0 Å². The van der Waals surface area contributed by atoms with Crippen LogP contribution in [0.4, 0.5) is 11.6 Å². The highest BCUT2D eigenvalue weighted by molar-refractivity contribution is 5.96. The van der Waals surface area contributed by atoms with Gasteiger partial charge in [0.25, 0.3) is 5.91 Å². The fraction of sp³-hybridized carbons (Fsp3) is 0.231. The van der Waals surface area contributed by atoms with Crippen LogP contribution in [-0.4, -0.2) is 40.4 Å². The molecule has 34 heavy (non-hydrogen) atoms. The first-order valence-electron chi connectivity index (χ1n) is 11.0. The van der Waals surface area contributed by atoms with Gasteiger partial charge in [-0.15, -0.1) is 0 Å². The Hall–Kier alpha value is -4.38. The van der Waals surface area contributed by atoms with Crippen LogP contribution in [0.5, 0.6) is 5.75 Å². The molecular formula is C26H26N6O2. The maximum absolute atomic E-state index is 12.2. The fourth-order valence-corrected chi connectivity index (χ4v) is 3.94. The summed E-state index contributed by atoms with van der Waals surface area (Å²) in [5, 5.41) is 12.3. The number of nitriles is 1. The summed E-state index contributed by atoms with van der Waals surface area (Å²) in [7, 11) is 0. The van der Waals surface area contributed by atoms with Gasteiger partial charge >= 0.3 is 0 Å². The lowest BCUT2D eigenvalue weighted by atomic mass is 10.1. The topological polar surface area (TPSA) is 117 Å². The van der Waals surface area contributed by atoms with Gasteiger partial charge in [0.05, 0.1) is 5.56 Å². The molecule has 0 aliphatic carbocycles. The highest BCUT2D eigenvalue weighted by atomic mass is 16.5. The first kappa shape index (κ1) is 22.8. The SMILES string of the molecule is C=C(C#N)C(=O)N1CCC(CNc2ncnc(N)c2-c2ccc(OCc3ccccc3)cc2)C1. The number of carbonyl (C=O) groups excluding carboxylic acids is 1. The summed E-state index contributed by atoms with van der Waals surface area (Å²) in [4.78, 5) is 22.4. The van der Waals surface area contributed by atoms with Crippen molar-refractivity contribution in [2.24, 2.45) is 5.92 Å². The van der Waals surface area contributed by atoms with Crippen LogP contribution in [0.15, 0.2) is 73.1 Å². The highest BCUT2D eigenvalue weighted by Gasteiger charge is 2.27. The van der Waals surface area contributed by atoms with Gasteiger partial charge in [0.1, 0.15) is 42.0 Å². The molecular weight excluding hydrogens is 428 g/mol. The summed E-state index contributed by atoms with van der Waals surface area (Å²) < 4.78 is 5.88. The summed E-state index contributed by atoms with van der Waals surface area (Å²) >= 11 is 0. The maximum Gasteiger partial charge on any atom is 0.263 e. The van der Waals surface area contributed by atoms with E-state index in [1.165, 1.54) is 6.33 Å². The van der Waals surface area contributed by atoms with E-state index in [9.17, 15) is 4.79 Å². The van der Waals surface area contributed by atoms with Gasteiger partial charge in [-0.25, -0.2) is 9.97 Å². The number of nitrogens with two attached hydrogens (primary N) is 1. The second-order valence-electron chi connectivity index (χ2n) is 8.16. The van der Waals surface area contributed by atoms with Crippen LogP contribution in [0.1, 0.15) is 12.0 Å². The van der Waals surface area contributed by atoms with E-state index in [1.807, 2.05) is 60.7 Å². The Morgan fingerprint density at radius 1 is 1.21 bits per heavy atom. The predicted octanol–water partition coefficient (Wildman–Crippen LogP) is 3.64. The Bertz CT molecular complexity index is 1200. The first-order valence-corrected chi connectivity index (χ1v) is 11.0. The molecule has 3 N–H and O–H groups in total. The van der Waals surface area contributed by atoms with Gasteiger partial charge in [0.2, 0.25) is 0 Å². The van der Waals surface area contributed by atoms with Gasteiger partial charge in [-0.2, -0.15) is 5.26 Å². The number of aromatic nitrogens is 2. The van der Waals surface area contributed by atoms with Crippen molar-refractivity contribution in [3.63, 3.8) is 0 Å². The minimum absolute atomic E-state index is 0.0318. The molecule has 1 atom stereocenters. The van der Waals surface area contributed by atoms with Crippen LogP contribution in [0.25, 0.3) is 11.1 Å². The molecule has 2 aromatic carbocycles. The smallest absolute Gasteiger partial charge is 0.263 e. The number of nitrogens with one attached hydrogen (secondary N) is 1. The molecule has 1 unspecified atom stereocenters. The van der Waals surface area contributed by atoms with Crippen LogP contribution < -0.4 is 15.8 Å². The largest absolute Gasteiger partial charge is 0.489 e. The van der Waals surface area contributed by atoms with Gasteiger partial charge in [-0.3, -0.25) is 4.79 Å². The Morgan fingerprint density at radius 2 is 1.97 bits per heavy atom. The molecule has 1 aliphatic heterocycles. The summed E-state index contributed by atoms with van der Waals surface area (Å²) in [6, 6.07) is 19.5. The van der Waals surface area contributed by atoms with Gasteiger partial charge in [0, 0.05) is 19.6 Å². The minimum atomic E-state index is -0.299. The Labute approximate surface area is 198 Å². The predicted molar refractivity (Wildman–Crippen MR) is 131 cm³/mol. The van der Waals surface area contributed by atoms with Crippen molar-refractivity contribution < 1.29 is 9.53 Å². The molecule has 1 aromatic heterocycles. The molecule has 8 nitrogen and oxygen atoms in total. The molecule has 1 saturated heterocycles. The number of hydrogen-bond donors (Lipinski definition) is 2. The molecule has 0 spiro atoms. The third-order valence-corrected chi connectivity index (χ3v) is 5.79. The number of anilines is 2. The lowest BCUT2D eigenvalue weighted by Crippen LogP contribution is -2.30. The molecule has 1 fully saturated rings. The van der Waals surface area contributed by atoms with Crippen molar-refractivity contribution in [2.75, 3.05) is 30.7 Å². The van der Waals surface area contributed by atoms with E-state index in [0.29, 0.717) is 37.9 Å². The number of carbonyl (C=O) groups is 1. The second-order valence-corrected chi connectivity index (χ2v) is 8.16. The number of nitrogen functional groups attached to an aromatic ring is 1. The lowest BCUT2D eigenvalue weighted by molar-refractivity contribution is -0.125. The molecule has 1 amide bonds. The Kier molecular flexibility index (Phi) is 7.04. The Morgan fingerprint density at radius 3 is 2.71 bits per heavy atom. The molecule has 4 rings (SSSR count). The molecule has 8 heteroatoms. The van der Waals surface area contributed by atoms with Crippen molar-refractivity contribution in [1.82, 2.24) is 14.9 Å². The van der Waals surface area contributed by atoms with Gasteiger partial charge in [-0.1, -0.05) is 49.0 Å². The minimum Gasteiger partial charge on any atom is -0.489 e. The van der Waals surface area contributed by atoms with E-state index in [0.717, 1.165) is 28.9 Å². The molecule has 172 valence electrons. The lowest BCUT2D eigenvalue weighted by Gasteiger charge is -2.17. The van der Waals surface area contributed by atoms with Crippen molar-refractivity contribution in [3.05, 3.63) is 78.6 Å². The number of ether oxygens (including phenoxy) is 1. The molecule has 2 heterocycles. The van der Waals surface area contributed by atoms with E-state index < -0.39 is 0 Å². The third kappa shape index (κ3) is 5.33. The van der Waals surface area contributed by atoms with E-state index in [2.05, 4.69) is 21.9 Å². The number of benzene rings is 2. The number of hydrogen-bond acceptors (Lipinski definition) is 7. The van der Waals surface area contributed by atoms with Crippen molar-refractivity contribution in [3.8, 4) is 22.9 Å².